The zero-order chi connectivity index (χ0) is 68.2. The minimum Gasteiger partial charge on any atom is -0.457 e. The Morgan fingerprint density at radius 3 is 2.08 bits per heavy atom. The number of para-hydroxylation sites is 3. The van der Waals surface area contributed by atoms with E-state index in [0.717, 1.165) is 24.1 Å². The molecular formula is C75H80N4O. The topological polar surface area (TPSA) is 31.8 Å². The van der Waals surface area contributed by atoms with Gasteiger partial charge in [-0.15, -0.1) is 0 Å². The second-order valence-electron chi connectivity index (χ2n) is 25.5. The van der Waals surface area contributed by atoms with E-state index in [1.54, 1.807) is 56.1 Å². The lowest BCUT2D eigenvalue weighted by molar-refractivity contribution is 0.332. The molecule has 2 atom stereocenters. The summed E-state index contributed by atoms with van der Waals surface area (Å²) in [7, 11) is 0. The van der Waals surface area contributed by atoms with Gasteiger partial charge in [-0.05, 0) is 140 Å². The fourth-order valence-electron chi connectivity index (χ4n) is 11.7. The maximum atomic E-state index is 10.3. The van der Waals surface area contributed by atoms with Gasteiger partial charge in [0.2, 0.25) is 0 Å². The fraction of sp³-hybridized carbons (Fsp3) is 0.320. The summed E-state index contributed by atoms with van der Waals surface area (Å²) in [5, 5.41) is 0. The normalized spacial score (nSPS) is 21.2. The van der Waals surface area contributed by atoms with Crippen LogP contribution in [-0.2, 0) is 29.0 Å². The summed E-state index contributed by atoms with van der Waals surface area (Å²) in [5.41, 5.74) is 5.18. The highest BCUT2D eigenvalue weighted by molar-refractivity contribution is 5.99. The number of nitrogens with zero attached hydrogens (tertiary/aromatic N) is 4. The van der Waals surface area contributed by atoms with Gasteiger partial charge in [0.25, 0.3) is 0 Å². The van der Waals surface area contributed by atoms with E-state index < -0.39 is 52.3 Å². The van der Waals surface area contributed by atoms with Crippen molar-refractivity contribution in [3.05, 3.63) is 221 Å². The van der Waals surface area contributed by atoms with Gasteiger partial charge in [0.15, 0.2) is 0 Å². The molecule has 8 aromatic rings. The van der Waals surface area contributed by atoms with Crippen molar-refractivity contribution in [2.75, 3.05) is 21.4 Å². The van der Waals surface area contributed by atoms with Crippen LogP contribution in [0.15, 0.2) is 188 Å². The molecule has 0 bridgehead atoms. The van der Waals surface area contributed by atoms with Gasteiger partial charge in [0.05, 0.1) is 42.5 Å². The first kappa shape index (κ1) is 38.9. The highest BCUT2D eigenvalue weighted by atomic mass is 16.5. The number of ether oxygens (including phenoxy) is 1. The van der Waals surface area contributed by atoms with Crippen LogP contribution in [0.3, 0.4) is 0 Å². The molecule has 4 aliphatic rings. The van der Waals surface area contributed by atoms with Gasteiger partial charge in [-0.1, -0.05) is 216 Å². The molecule has 5 nitrogen and oxygen atoms in total. The van der Waals surface area contributed by atoms with Crippen molar-refractivity contribution in [3.63, 3.8) is 0 Å². The molecule has 0 saturated heterocycles. The van der Waals surface area contributed by atoms with Gasteiger partial charge in [-0.3, -0.25) is 0 Å². The predicted octanol–water partition coefficient (Wildman–Crippen LogP) is 20.3. The molecule has 2 unspecified atom stereocenters. The third-order valence-corrected chi connectivity index (χ3v) is 15.9. The van der Waals surface area contributed by atoms with Crippen LogP contribution in [0.1, 0.15) is 154 Å². The summed E-state index contributed by atoms with van der Waals surface area (Å²) < 4.78 is 142. The average molecular weight is 1070 g/mol. The Hall–Kier alpha value is -7.63. The summed E-state index contributed by atoms with van der Waals surface area (Å²) >= 11 is 0. The third-order valence-electron chi connectivity index (χ3n) is 15.9. The lowest BCUT2D eigenvalue weighted by atomic mass is 9.63. The van der Waals surface area contributed by atoms with E-state index in [-0.39, 0.29) is 89.4 Å². The maximum Gasteiger partial charge on any atom is 0.133 e. The van der Waals surface area contributed by atoms with Crippen molar-refractivity contribution in [2.24, 2.45) is 11.3 Å². The fourth-order valence-corrected chi connectivity index (χ4v) is 11.7. The van der Waals surface area contributed by atoms with E-state index in [9.17, 15) is 16.4 Å². The summed E-state index contributed by atoms with van der Waals surface area (Å²) in [5.74, 6) is -0.150. The number of aromatic nitrogens is 1. The van der Waals surface area contributed by atoms with Gasteiger partial charge in [0.1, 0.15) is 24.0 Å². The lowest BCUT2D eigenvalue weighted by Gasteiger charge is -2.42. The van der Waals surface area contributed by atoms with Gasteiger partial charge in [-0.25, -0.2) is 4.98 Å². The van der Waals surface area contributed by atoms with Crippen LogP contribution in [0.25, 0.3) is 33.4 Å². The molecule has 1 aromatic heterocycles. The van der Waals surface area contributed by atoms with E-state index in [1.807, 2.05) is 132 Å². The molecule has 0 radical (unpaired) electrons. The van der Waals surface area contributed by atoms with E-state index in [1.165, 1.54) is 0 Å². The molecule has 0 fully saturated rings. The van der Waals surface area contributed by atoms with Crippen molar-refractivity contribution in [2.45, 2.75) is 137 Å². The first-order chi connectivity index (χ1) is 43.9. The highest BCUT2D eigenvalue weighted by Crippen LogP contribution is 2.54. The van der Waals surface area contributed by atoms with E-state index in [0.29, 0.717) is 79.0 Å². The molecule has 12 rings (SSSR count). The summed E-state index contributed by atoms with van der Waals surface area (Å²) in [6.07, 6.45) is -0.898. The molecule has 0 N–H and O–H groups in total. The molecule has 5 heteroatoms. The first-order valence-electron chi connectivity index (χ1n) is 35.1. The van der Waals surface area contributed by atoms with Gasteiger partial charge < -0.3 is 19.4 Å². The Kier molecular flexibility index (Phi) is 9.80. The summed E-state index contributed by atoms with van der Waals surface area (Å²) in [4.78, 5) is 10.9. The molecule has 2 aliphatic carbocycles. The lowest BCUT2D eigenvalue weighted by Crippen LogP contribution is -2.33. The Bertz CT molecular complexity index is 4500. The number of fused-ring (bicyclic) bond motifs is 5. The van der Waals surface area contributed by atoms with Crippen molar-refractivity contribution in [1.82, 2.24) is 4.98 Å². The smallest absolute Gasteiger partial charge is 0.133 e. The quantitative estimate of drug-likeness (QED) is 0.129. The van der Waals surface area contributed by atoms with Crippen LogP contribution in [0, 0.1) is 11.3 Å². The summed E-state index contributed by atoms with van der Waals surface area (Å²) in [6, 6.07) is 34.8. The van der Waals surface area contributed by atoms with Crippen LogP contribution in [0.4, 0.5) is 34.3 Å². The van der Waals surface area contributed by atoms with Crippen molar-refractivity contribution in [1.29, 1.82) is 0 Å². The number of anilines is 6. The Balaban J connectivity index is 1.02. The number of hydrogen-bond acceptors (Lipinski definition) is 5. The third kappa shape index (κ3) is 10.1. The number of allylic oxidation sites excluding steroid dienone is 2. The monoisotopic (exact) mass is 1070 g/mol. The molecule has 0 spiro atoms. The molecule has 0 amide bonds. The predicted molar refractivity (Wildman–Crippen MR) is 338 cm³/mol. The summed E-state index contributed by atoms with van der Waals surface area (Å²) in [6.45, 7) is 23.0. The second kappa shape index (κ2) is 20.2. The number of pyridine rings is 1. The van der Waals surface area contributed by atoms with E-state index >= 15 is 0 Å². The van der Waals surface area contributed by atoms with Crippen molar-refractivity contribution >= 4 is 34.3 Å². The van der Waals surface area contributed by atoms with Crippen molar-refractivity contribution in [3.8, 4) is 44.9 Å². The van der Waals surface area contributed by atoms with Crippen LogP contribution >= 0.6 is 0 Å². The van der Waals surface area contributed by atoms with Crippen molar-refractivity contribution < 1.29 is 23.9 Å². The molecule has 7 aromatic carbocycles. The zero-order valence-corrected chi connectivity index (χ0v) is 48.2. The average Bonchev–Trinajstić information content (AvgIpc) is 1.15. The minimum absolute atomic E-state index is 0.0376. The van der Waals surface area contributed by atoms with Crippen LogP contribution in [0.2, 0.25) is 0 Å². The zero-order valence-electron chi connectivity index (χ0n) is 62.2. The standard InChI is InChI=1S/C75H80N4O/c1-49(2)38-53-43-70(76-47-63(53)51-22-14-13-15-23-51)79-66-29-17-16-26-61(66)62-34-33-58(45-69(62)79)80-57-25-20-24-56(44-57)77-48-78(68-31-19-18-30-67(68)77)71-59(52-32-35-64-65(42-52)75(11,12)37-36-74(64,9)10)27-21-28-60(71)54-39-50(46-72(3,4)5)40-55(41-54)73(6,7)8/h13-35,39-45,47,49,61,66H,36-38,46,48H2,1-12H3/i16D,17D,26D,29D,32D,35D,38D2,39D,40D,41D,42D,46D2. The van der Waals surface area contributed by atoms with Crippen LogP contribution in [0.5, 0.6) is 11.5 Å². The Morgan fingerprint density at radius 1 is 0.650 bits per heavy atom. The number of hydrogen-bond donors (Lipinski definition) is 0. The molecule has 2 aliphatic heterocycles. The van der Waals surface area contributed by atoms with Crippen LogP contribution in [-0.4, -0.2) is 17.7 Å². The molecule has 80 heavy (non-hydrogen) atoms. The van der Waals surface area contributed by atoms with Crippen LogP contribution < -0.4 is 19.4 Å². The van der Waals surface area contributed by atoms with E-state index in [4.69, 9.17) is 12.5 Å². The first-order valence-corrected chi connectivity index (χ1v) is 28.1. The maximum absolute atomic E-state index is 10.3. The van der Waals surface area contributed by atoms with Gasteiger partial charge >= 0.3 is 0 Å². The number of benzene rings is 7. The largest absolute Gasteiger partial charge is 0.457 e. The minimum atomic E-state index is -2.23. The highest BCUT2D eigenvalue weighted by Gasteiger charge is 2.40. The SMILES string of the molecule is [2H]C1=C([2H])C2c3ccc(Oc4cccc(N5CN(c6c(-c7c([2H])c([2H])c8c(c7[2H])C(C)(C)CCC8(C)C)cccc6-c6c([2H])c(C(C)(C)C)c([2H])c(C([2H])([2H])C(C)(C)C)c6[2H])c6ccccc65)c4)cc3N(c3cc(C([2H])([2H])C(C)C)c(-c4ccccc4)cn3)C2C([2H])=C1[2H]. The molecule has 406 valence electrons. The Labute approximate surface area is 497 Å². The second-order valence-corrected chi connectivity index (χ2v) is 25.5. The van der Waals surface area contributed by atoms with Gasteiger partial charge in [0, 0.05) is 52.1 Å². The number of rotatable bonds is 11. The molecule has 0 saturated carbocycles. The molecule has 3 heterocycles. The molecular weight excluding hydrogens is 973 g/mol. The van der Waals surface area contributed by atoms with Gasteiger partial charge in [-0.2, -0.15) is 0 Å². The Morgan fingerprint density at radius 2 is 1.34 bits per heavy atom. The van der Waals surface area contributed by atoms with E-state index in [2.05, 4.69) is 37.5 Å².